The van der Waals surface area contributed by atoms with Crippen LogP contribution in [-0.4, -0.2) is 32.5 Å². The Morgan fingerprint density at radius 2 is 2.06 bits per heavy atom. The maximum atomic E-state index is 11.2. The lowest BCUT2D eigenvalue weighted by Crippen LogP contribution is -2.30. The highest BCUT2D eigenvalue weighted by molar-refractivity contribution is 7.91. The van der Waals surface area contributed by atoms with E-state index in [1.807, 2.05) is 30.3 Å². The summed E-state index contributed by atoms with van der Waals surface area (Å²) in [4.78, 5) is 0. The molecule has 1 aliphatic rings. The van der Waals surface area contributed by atoms with E-state index in [-0.39, 0.29) is 11.8 Å². The average molecular weight is 249 g/mol. The van der Waals surface area contributed by atoms with Crippen LogP contribution in [0, 0.1) is 11.8 Å². The summed E-state index contributed by atoms with van der Waals surface area (Å²) in [5.41, 5.74) is 0.980. The van der Waals surface area contributed by atoms with E-state index in [1.54, 1.807) is 0 Å². The molecule has 17 heavy (non-hydrogen) atoms. The van der Waals surface area contributed by atoms with E-state index < -0.39 is 9.84 Å². The van der Waals surface area contributed by atoms with Gasteiger partial charge in [0, 0.05) is 11.6 Å². The van der Waals surface area contributed by atoms with Gasteiger partial charge in [-0.15, -0.1) is 0 Å². The van der Waals surface area contributed by atoms with E-state index in [0.717, 1.165) is 5.56 Å². The third-order valence-corrected chi connectivity index (χ3v) is 4.49. The Hall–Kier alpha value is -1.31. The zero-order chi connectivity index (χ0) is 12.1. The molecule has 1 fully saturated rings. The second kappa shape index (κ2) is 5.35. The van der Waals surface area contributed by atoms with Crippen LogP contribution in [0.4, 0.5) is 0 Å². The quantitative estimate of drug-likeness (QED) is 0.789. The zero-order valence-electron chi connectivity index (χ0n) is 9.52. The van der Waals surface area contributed by atoms with Gasteiger partial charge in [0.05, 0.1) is 18.1 Å². The van der Waals surface area contributed by atoms with Crippen molar-refractivity contribution >= 4 is 9.84 Å². The van der Waals surface area contributed by atoms with Crippen molar-refractivity contribution in [1.29, 1.82) is 0 Å². The molecule has 0 bridgehead atoms. The van der Waals surface area contributed by atoms with Crippen molar-refractivity contribution in [1.82, 2.24) is 5.32 Å². The van der Waals surface area contributed by atoms with E-state index in [0.29, 0.717) is 18.7 Å². The largest absolute Gasteiger partial charge is 0.302 e. The van der Waals surface area contributed by atoms with Gasteiger partial charge in [-0.05, 0) is 18.6 Å². The fourth-order valence-electron chi connectivity index (χ4n) is 1.82. The van der Waals surface area contributed by atoms with Crippen LogP contribution in [0.25, 0.3) is 0 Å². The zero-order valence-corrected chi connectivity index (χ0v) is 10.3. The molecule has 1 aromatic rings. The number of hydrogen-bond acceptors (Lipinski definition) is 3. The van der Waals surface area contributed by atoms with Gasteiger partial charge in [0.15, 0.2) is 9.84 Å². The minimum absolute atomic E-state index is 0.0741. The second-order valence-electron chi connectivity index (χ2n) is 4.15. The Bertz CT molecular complexity index is 526. The summed E-state index contributed by atoms with van der Waals surface area (Å²) in [7, 11) is -2.80. The molecule has 1 heterocycles. The first kappa shape index (κ1) is 12.2. The molecule has 1 atom stereocenters. The van der Waals surface area contributed by atoms with Gasteiger partial charge in [0.1, 0.15) is 0 Å². The Kier molecular flexibility index (Phi) is 3.82. The lowest BCUT2D eigenvalue weighted by Gasteiger charge is -2.05. The predicted octanol–water partition coefficient (Wildman–Crippen LogP) is 0.815. The lowest BCUT2D eigenvalue weighted by atomic mass is 10.2. The first-order valence-corrected chi connectivity index (χ1v) is 7.46. The molecule has 1 aromatic carbocycles. The van der Waals surface area contributed by atoms with Gasteiger partial charge >= 0.3 is 0 Å². The summed E-state index contributed by atoms with van der Waals surface area (Å²) in [5, 5.41) is 3.15. The van der Waals surface area contributed by atoms with E-state index in [1.165, 1.54) is 0 Å². The maximum absolute atomic E-state index is 11.2. The van der Waals surface area contributed by atoms with E-state index >= 15 is 0 Å². The number of benzene rings is 1. The number of rotatable bonds is 2. The van der Waals surface area contributed by atoms with Gasteiger partial charge < -0.3 is 5.32 Å². The summed E-state index contributed by atoms with van der Waals surface area (Å²) >= 11 is 0. The molecule has 0 radical (unpaired) electrons. The van der Waals surface area contributed by atoms with Crippen molar-refractivity contribution in [3.63, 3.8) is 0 Å². The van der Waals surface area contributed by atoms with Crippen molar-refractivity contribution in [2.75, 3.05) is 18.1 Å². The van der Waals surface area contributed by atoms with E-state index in [9.17, 15) is 8.42 Å². The first-order chi connectivity index (χ1) is 8.16. The topological polar surface area (TPSA) is 46.2 Å². The van der Waals surface area contributed by atoms with Crippen molar-refractivity contribution < 1.29 is 8.42 Å². The molecule has 1 unspecified atom stereocenters. The summed E-state index contributed by atoms with van der Waals surface area (Å²) < 4.78 is 22.4. The van der Waals surface area contributed by atoms with Crippen molar-refractivity contribution in [2.24, 2.45) is 0 Å². The lowest BCUT2D eigenvalue weighted by molar-refractivity contribution is 0.587. The van der Waals surface area contributed by atoms with Gasteiger partial charge in [-0.25, -0.2) is 8.42 Å². The van der Waals surface area contributed by atoms with Gasteiger partial charge in [-0.3, -0.25) is 0 Å². The van der Waals surface area contributed by atoms with Crippen LogP contribution < -0.4 is 5.32 Å². The first-order valence-electron chi connectivity index (χ1n) is 5.63. The molecule has 3 nitrogen and oxygen atoms in total. The molecule has 0 aliphatic carbocycles. The standard InChI is InChI=1S/C13H15NO2S/c15-17(16)10-8-13(11-17)14-9-4-7-12-5-2-1-3-6-12/h1-3,5-6,13-14H,8-11H2. The number of nitrogens with one attached hydrogen (secondary N) is 1. The van der Waals surface area contributed by atoms with Crippen LogP contribution in [0.2, 0.25) is 0 Å². The number of sulfone groups is 1. The summed E-state index contributed by atoms with van der Waals surface area (Å²) in [6, 6.07) is 9.82. The Labute approximate surface area is 102 Å². The predicted molar refractivity (Wildman–Crippen MR) is 68.4 cm³/mol. The van der Waals surface area contributed by atoms with E-state index in [4.69, 9.17) is 0 Å². The molecule has 90 valence electrons. The van der Waals surface area contributed by atoms with Crippen LogP contribution >= 0.6 is 0 Å². The summed E-state index contributed by atoms with van der Waals surface area (Å²) in [5.74, 6) is 6.58. The maximum Gasteiger partial charge on any atom is 0.151 e. The Morgan fingerprint density at radius 1 is 1.29 bits per heavy atom. The third-order valence-electron chi connectivity index (χ3n) is 2.72. The molecule has 1 saturated heterocycles. The fraction of sp³-hybridized carbons (Fsp3) is 0.385. The van der Waals surface area contributed by atoms with Crippen LogP contribution in [0.1, 0.15) is 12.0 Å². The SMILES string of the molecule is O=S1(=O)CCC(NCC#Cc2ccccc2)C1. The molecule has 1 N–H and O–H groups in total. The summed E-state index contributed by atoms with van der Waals surface area (Å²) in [6.07, 6.45) is 0.704. The smallest absolute Gasteiger partial charge is 0.151 e. The van der Waals surface area contributed by atoms with Crippen LogP contribution in [0.3, 0.4) is 0 Å². The van der Waals surface area contributed by atoms with Crippen LogP contribution in [0.15, 0.2) is 30.3 Å². The Morgan fingerprint density at radius 3 is 2.71 bits per heavy atom. The molecule has 0 amide bonds. The molecule has 0 aromatic heterocycles. The Balaban J connectivity index is 1.80. The monoisotopic (exact) mass is 249 g/mol. The van der Waals surface area contributed by atoms with Crippen molar-refractivity contribution in [3.8, 4) is 11.8 Å². The number of hydrogen-bond donors (Lipinski definition) is 1. The fourth-order valence-corrected chi connectivity index (χ4v) is 3.53. The van der Waals surface area contributed by atoms with E-state index in [2.05, 4.69) is 17.2 Å². The van der Waals surface area contributed by atoms with Gasteiger partial charge in [0.2, 0.25) is 0 Å². The van der Waals surface area contributed by atoms with Gasteiger partial charge in [0.25, 0.3) is 0 Å². The highest BCUT2D eigenvalue weighted by atomic mass is 32.2. The van der Waals surface area contributed by atoms with Crippen LogP contribution in [-0.2, 0) is 9.84 Å². The molecule has 0 saturated carbocycles. The third kappa shape index (κ3) is 3.88. The minimum Gasteiger partial charge on any atom is -0.302 e. The molecule has 4 heteroatoms. The van der Waals surface area contributed by atoms with Gasteiger partial charge in [-0.1, -0.05) is 30.0 Å². The van der Waals surface area contributed by atoms with Crippen LogP contribution in [0.5, 0.6) is 0 Å². The van der Waals surface area contributed by atoms with Gasteiger partial charge in [-0.2, -0.15) is 0 Å². The average Bonchev–Trinajstić information content (AvgIpc) is 2.66. The highest BCUT2D eigenvalue weighted by Crippen LogP contribution is 2.10. The second-order valence-corrected chi connectivity index (χ2v) is 6.38. The molecular formula is C13H15NO2S. The highest BCUT2D eigenvalue weighted by Gasteiger charge is 2.26. The van der Waals surface area contributed by atoms with Crippen molar-refractivity contribution in [3.05, 3.63) is 35.9 Å². The normalized spacial score (nSPS) is 21.8. The molecule has 2 rings (SSSR count). The minimum atomic E-state index is -2.80. The molecule has 1 aliphatic heterocycles. The van der Waals surface area contributed by atoms with Crippen molar-refractivity contribution in [2.45, 2.75) is 12.5 Å². The molecular weight excluding hydrogens is 234 g/mol. The molecule has 0 spiro atoms. The summed E-state index contributed by atoms with van der Waals surface area (Å²) in [6.45, 7) is 0.537.